The molecule has 2 unspecified atom stereocenters. The zero-order valence-electron chi connectivity index (χ0n) is 10.7. The van der Waals surface area contributed by atoms with E-state index in [4.69, 9.17) is 5.26 Å². The van der Waals surface area contributed by atoms with Gasteiger partial charge < -0.3 is 4.90 Å². The molecule has 4 nitrogen and oxygen atoms in total. The third-order valence-corrected chi connectivity index (χ3v) is 4.08. The van der Waals surface area contributed by atoms with Crippen LogP contribution in [-0.2, 0) is 0 Å². The third kappa shape index (κ3) is 1.95. The second-order valence-corrected chi connectivity index (χ2v) is 5.29. The van der Waals surface area contributed by atoms with E-state index in [2.05, 4.69) is 27.8 Å². The zero-order valence-corrected chi connectivity index (χ0v) is 10.7. The minimum absolute atomic E-state index is 0.473. The van der Waals surface area contributed by atoms with Crippen molar-refractivity contribution in [1.29, 1.82) is 5.26 Å². The smallest absolute Gasteiger partial charge is 0.142 e. The van der Waals surface area contributed by atoms with Crippen molar-refractivity contribution < 1.29 is 0 Å². The van der Waals surface area contributed by atoms with Crippen LogP contribution < -0.4 is 4.90 Å². The van der Waals surface area contributed by atoms with Gasteiger partial charge in [-0.2, -0.15) is 5.26 Å². The Labute approximate surface area is 108 Å². The molecule has 4 heteroatoms. The quantitative estimate of drug-likeness (QED) is 0.750. The number of fused-ring (bicyclic) bond motifs is 1. The lowest BCUT2D eigenvalue weighted by Gasteiger charge is -2.43. The van der Waals surface area contributed by atoms with Crippen LogP contribution in [0.4, 0.5) is 5.82 Å². The molecule has 1 aromatic heterocycles. The molecule has 2 aliphatic heterocycles. The van der Waals surface area contributed by atoms with Crippen LogP contribution in [0.15, 0.2) is 18.2 Å². The van der Waals surface area contributed by atoms with Gasteiger partial charge in [0.25, 0.3) is 0 Å². The van der Waals surface area contributed by atoms with Gasteiger partial charge in [-0.3, -0.25) is 4.90 Å². The van der Waals surface area contributed by atoms with E-state index >= 15 is 0 Å². The number of aromatic nitrogens is 1. The maximum absolute atomic E-state index is 8.94. The fourth-order valence-electron chi connectivity index (χ4n) is 3.15. The summed E-state index contributed by atoms with van der Waals surface area (Å²) in [5, 5.41) is 8.94. The average Bonchev–Trinajstić information content (AvgIpc) is 2.85. The van der Waals surface area contributed by atoms with Crippen LogP contribution in [0, 0.1) is 11.3 Å². The summed E-state index contributed by atoms with van der Waals surface area (Å²) in [6.45, 7) is 5.65. The van der Waals surface area contributed by atoms with Crippen LogP contribution in [0.25, 0.3) is 0 Å². The summed E-state index contributed by atoms with van der Waals surface area (Å²) >= 11 is 0. The molecule has 0 aromatic carbocycles. The van der Waals surface area contributed by atoms with Crippen molar-refractivity contribution in [3.8, 4) is 6.07 Å². The summed E-state index contributed by atoms with van der Waals surface area (Å²) in [6, 6.07) is 8.97. The Balaban J connectivity index is 1.84. The number of anilines is 1. The first-order valence-corrected chi connectivity index (χ1v) is 6.66. The maximum atomic E-state index is 8.94. The molecule has 0 aliphatic carbocycles. The molecule has 18 heavy (non-hydrogen) atoms. The van der Waals surface area contributed by atoms with Crippen molar-refractivity contribution in [1.82, 2.24) is 9.88 Å². The lowest BCUT2D eigenvalue weighted by Crippen LogP contribution is -2.55. The standard InChI is InChI=1S/C14H18N4/c1-11-9-17-7-3-5-13(17)10-18(11)14-6-2-4-12(8-15)16-14/h2,4,6,11,13H,3,5,7,9-10H2,1H3. The van der Waals surface area contributed by atoms with Crippen LogP contribution in [0.1, 0.15) is 25.5 Å². The fraction of sp³-hybridized carbons (Fsp3) is 0.571. The molecule has 94 valence electrons. The zero-order chi connectivity index (χ0) is 12.5. The topological polar surface area (TPSA) is 43.2 Å². The van der Waals surface area contributed by atoms with Gasteiger partial charge in [0.1, 0.15) is 17.6 Å². The second-order valence-electron chi connectivity index (χ2n) is 5.29. The molecular formula is C14H18N4. The first-order valence-electron chi connectivity index (χ1n) is 6.66. The predicted molar refractivity (Wildman–Crippen MR) is 70.4 cm³/mol. The highest BCUT2D eigenvalue weighted by Crippen LogP contribution is 2.27. The van der Waals surface area contributed by atoms with Crippen molar-refractivity contribution >= 4 is 5.82 Å². The Hall–Kier alpha value is -1.60. The molecule has 2 saturated heterocycles. The summed E-state index contributed by atoms with van der Waals surface area (Å²) in [4.78, 5) is 9.37. The van der Waals surface area contributed by atoms with Crippen LogP contribution in [0.3, 0.4) is 0 Å². The maximum Gasteiger partial charge on any atom is 0.142 e. The monoisotopic (exact) mass is 242 g/mol. The van der Waals surface area contributed by atoms with E-state index < -0.39 is 0 Å². The normalized spacial score (nSPS) is 27.9. The number of nitrogens with zero attached hydrogens (tertiary/aromatic N) is 4. The van der Waals surface area contributed by atoms with Gasteiger partial charge >= 0.3 is 0 Å². The molecular weight excluding hydrogens is 224 g/mol. The van der Waals surface area contributed by atoms with Crippen LogP contribution in [-0.4, -0.2) is 41.6 Å². The van der Waals surface area contributed by atoms with E-state index in [0.717, 1.165) is 18.9 Å². The summed E-state index contributed by atoms with van der Waals surface area (Å²) in [5.74, 6) is 0.952. The van der Waals surface area contributed by atoms with Gasteiger partial charge in [-0.15, -0.1) is 0 Å². The largest absolute Gasteiger partial charge is 0.351 e. The molecule has 3 heterocycles. The van der Waals surface area contributed by atoms with E-state index in [0.29, 0.717) is 17.8 Å². The van der Waals surface area contributed by atoms with Gasteiger partial charge in [0.15, 0.2) is 0 Å². The molecule has 0 radical (unpaired) electrons. The van der Waals surface area contributed by atoms with Crippen LogP contribution >= 0.6 is 0 Å². The summed E-state index contributed by atoms with van der Waals surface area (Å²) in [5.41, 5.74) is 0.508. The van der Waals surface area contributed by atoms with Crippen molar-refractivity contribution in [2.45, 2.75) is 31.8 Å². The van der Waals surface area contributed by atoms with Gasteiger partial charge in [-0.1, -0.05) is 6.07 Å². The third-order valence-electron chi connectivity index (χ3n) is 4.08. The van der Waals surface area contributed by atoms with E-state index in [1.54, 1.807) is 6.07 Å². The van der Waals surface area contributed by atoms with E-state index in [-0.39, 0.29) is 0 Å². The first-order chi connectivity index (χ1) is 8.78. The minimum atomic E-state index is 0.473. The van der Waals surface area contributed by atoms with Crippen molar-refractivity contribution in [3.63, 3.8) is 0 Å². The first kappa shape index (κ1) is 11.5. The van der Waals surface area contributed by atoms with Gasteiger partial charge in [-0.05, 0) is 38.4 Å². The average molecular weight is 242 g/mol. The van der Waals surface area contributed by atoms with Gasteiger partial charge in [0.2, 0.25) is 0 Å². The molecule has 0 spiro atoms. The van der Waals surface area contributed by atoms with Crippen LogP contribution in [0.2, 0.25) is 0 Å². The van der Waals surface area contributed by atoms with E-state index in [9.17, 15) is 0 Å². The highest BCUT2D eigenvalue weighted by molar-refractivity contribution is 5.43. The number of hydrogen-bond donors (Lipinski definition) is 0. The molecule has 0 saturated carbocycles. The van der Waals surface area contributed by atoms with Crippen molar-refractivity contribution in [2.24, 2.45) is 0 Å². The van der Waals surface area contributed by atoms with E-state index in [1.165, 1.54) is 19.4 Å². The van der Waals surface area contributed by atoms with Crippen molar-refractivity contribution in [3.05, 3.63) is 23.9 Å². The number of pyridine rings is 1. The SMILES string of the molecule is CC1CN2CCCC2CN1c1cccc(C#N)n1. The molecule has 2 atom stereocenters. The fourth-order valence-corrected chi connectivity index (χ4v) is 3.15. The predicted octanol–water partition coefficient (Wildman–Crippen LogP) is 1.63. The molecule has 1 aromatic rings. The summed E-state index contributed by atoms with van der Waals surface area (Å²) in [6.07, 6.45) is 2.61. The number of hydrogen-bond acceptors (Lipinski definition) is 4. The van der Waals surface area contributed by atoms with Gasteiger partial charge in [0.05, 0.1) is 0 Å². The summed E-state index contributed by atoms with van der Waals surface area (Å²) in [7, 11) is 0. The van der Waals surface area contributed by atoms with Crippen molar-refractivity contribution in [2.75, 3.05) is 24.5 Å². The van der Waals surface area contributed by atoms with Gasteiger partial charge in [0, 0.05) is 25.2 Å². The Bertz CT molecular complexity index is 479. The highest BCUT2D eigenvalue weighted by Gasteiger charge is 2.34. The Morgan fingerprint density at radius 3 is 3.11 bits per heavy atom. The Morgan fingerprint density at radius 2 is 2.28 bits per heavy atom. The molecule has 3 rings (SSSR count). The minimum Gasteiger partial charge on any atom is -0.351 e. The molecule has 2 aliphatic rings. The van der Waals surface area contributed by atoms with Crippen LogP contribution in [0.5, 0.6) is 0 Å². The molecule has 0 bridgehead atoms. The Morgan fingerprint density at radius 1 is 1.39 bits per heavy atom. The molecule has 0 N–H and O–H groups in total. The highest BCUT2D eigenvalue weighted by atomic mass is 15.3. The number of piperazine rings is 1. The number of rotatable bonds is 1. The lowest BCUT2D eigenvalue weighted by atomic mass is 10.1. The Kier molecular flexibility index (Phi) is 2.92. The van der Waals surface area contributed by atoms with E-state index in [1.807, 2.05) is 12.1 Å². The molecule has 2 fully saturated rings. The van der Waals surface area contributed by atoms with Gasteiger partial charge in [-0.25, -0.2) is 4.98 Å². The number of nitriles is 1. The molecule has 0 amide bonds. The summed E-state index contributed by atoms with van der Waals surface area (Å²) < 4.78 is 0. The lowest BCUT2D eigenvalue weighted by molar-refractivity contribution is 0.202. The second kappa shape index (κ2) is 4.58.